The highest BCUT2D eigenvalue weighted by molar-refractivity contribution is 7.89. The Balaban J connectivity index is 4.30. The second kappa shape index (κ2) is 7.10. The van der Waals surface area contributed by atoms with Crippen molar-refractivity contribution in [2.75, 3.05) is 11.6 Å². The van der Waals surface area contributed by atoms with E-state index in [1.165, 1.54) is 0 Å². The van der Waals surface area contributed by atoms with Crippen molar-refractivity contribution in [3.05, 3.63) is 0 Å². The lowest BCUT2D eigenvalue weighted by molar-refractivity contribution is 0.535. The maximum atomic E-state index is 11.6. The van der Waals surface area contributed by atoms with Crippen LogP contribution in [0.4, 0.5) is 0 Å². The van der Waals surface area contributed by atoms with E-state index in [1.54, 1.807) is 6.92 Å². The van der Waals surface area contributed by atoms with Crippen molar-refractivity contribution >= 4 is 21.6 Å². The van der Waals surface area contributed by atoms with E-state index in [-0.39, 0.29) is 17.7 Å². The maximum Gasteiger partial charge on any atom is 0.212 e. The Kier molecular flexibility index (Phi) is 6.99. The molecule has 0 spiro atoms. The number of hydrogen-bond donors (Lipinski definition) is 1. The Morgan fingerprint density at radius 2 is 2.13 bits per heavy atom. The average molecular weight is 252 g/mol. The minimum atomic E-state index is -3.26. The first kappa shape index (κ1) is 14.8. The fourth-order valence-electron chi connectivity index (χ4n) is 1.13. The van der Waals surface area contributed by atoms with Crippen molar-refractivity contribution in [1.29, 1.82) is 0 Å². The van der Waals surface area contributed by atoms with Crippen LogP contribution >= 0.6 is 11.6 Å². The van der Waals surface area contributed by atoms with Crippen LogP contribution in [0.1, 0.15) is 26.7 Å². The topological polar surface area (TPSA) is 46.2 Å². The molecule has 0 bridgehead atoms. The SMILES string of the molecule is C#CCC(CC)NS(=O)(=O)CC(C)CCl. The molecule has 5 heteroatoms. The van der Waals surface area contributed by atoms with Gasteiger partial charge in [0.25, 0.3) is 0 Å². The van der Waals surface area contributed by atoms with Gasteiger partial charge in [-0.2, -0.15) is 0 Å². The summed E-state index contributed by atoms with van der Waals surface area (Å²) in [4.78, 5) is 0. The smallest absolute Gasteiger partial charge is 0.212 e. The fraction of sp³-hybridized carbons (Fsp3) is 0.800. The van der Waals surface area contributed by atoms with E-state index < -0.39 is 10.0 Å². The van der Waals surface area contributed by atoms with Gasteiger partial charge in [-0.15, -0.1) is 23.9 Å². The summed E-state index contributed by atoms with van der Waals surface area (Å²) in [6.07, 6.45) is 6.26. The summed E-state index contributed by atoms with van der Waals surface area (Å²) in [7, 11) is -3.26. The van der Waals surface area contributed by atoms with Crippen LogP contribution in [-0.4, -0.2) is 26.1 Å². The molecule has 3 nitrogen and oxygen atoms in total. The van der Waals surface area contributed by atoms with Crippen LogP contribution in [0.25, 0.3) is 0 Å². The van der Waals surface area contributed by atoms with E-state index in [9.17, 15) is 8.42 Å². The van der Waals surface area contributed by atoms with E-state index in [2.05, 4.69) is 10.6 Å². The second-order valence-electron chi connectivity index (χ2n) is 3.67. The Bertz CT molecular complexity index is 308. The summed E-state index contributed by atoms with van der Waals surface area (Å²) in [6, 6.07) is -0.164. The molecule has 0 aromatic carbocycles. The lowest BCUT2D eigenvalue weighted by Crippen LogP contribution is -2.37. The first-order valence-corrected chi connectivity index (χ1v) is 7.13. The first-order chi connectivity index (χ1) is 6.95. The number of rotatable bonds is 7. The monoisotopic (exact) mass is 251 g/mol. The Morgan fingerprint density at radius 1 is 1.53 bits per heavy atom. The normalized spacial score (nSPS) is 15.6. The van der Waals surface area contributed by atoms with Crippen LogP contribution in [0.5, 0.6) is 0 Å². The van der Waals surface area contributed by atoms with Gasteiger partial charge in [0.15, 0.2) is 0 Å². The Hall–Kier alpha value is -0.240. The highest BCUT2D eigenvalue weighted by Gasteiger charge is 2.18. The van der Waals surface area contributed by atoms with Crippen molar-refractivity contribution in [2.45, 2.75) is 32.7 Å². The molecule has 0 amide bonds. The summed E-state index contributed by atoms with van der Waals surface area (Å²) < 4.78 is 25.8. The Morgan fingerprint density at radius 3 is 2.53 bits per heavy atom. The molecule has 1 N–H and O–H groups in total. The van der Waals surface area contributed by atoms with Crippen molar-refractivity contribution in [3.63, 3.8) is 0 Å². The highest BCUT2D eigenvalue weighted by atomic mass is 35.5. The highest BCUT2D eigenvalue weighted by Crippen LogP contribution is 2.05. The predicted molar refractivity (Wildman–Crippen MR) is 64.3 cm³/mol. The summed E-state index contributed by atoms with van der Waals surface area (Å²) in [5.41, 5.74) is 0. The van der Waals surface area contributed by atoms with E-state index in [0.717, 1.165) is 0 Å². The van der Waals surface area contributed by atoms with E-state index >= 15 is 0 Å². The van der Waals surface area contributed by atoms with Crippen LogP contribution in [0.15, 0.2) is 0 Å². The minimum Gasteiger partial charge on any atom is -0.212 e. The molecule has 88 valence electrons. The van der Waals surface area contributed by atoms with Crippen LogP contribution < -0.4 is 4.72 Å². The fourth-order valence-corrected chi connectivity index (χ4v) is 3.09. The van der Waals surface area contributed by atoms with Gasteiger partial charge in [-0.3, -0.25) is 0 Å². The third kappa shape index (κ3) is 6.77. The van der Waals surface area contributed by atoms with Crippen LogP contribution in [0, 0.1) is 18.3 Å². The molecule has 2 unspecified atom stereocenters. The van der Waals surface area contributed by atoms with Gasteiger partial charge >= 0.3 is 0 Å². The van der Waals surface area contributed by atoms with Gasteiger partial charge in [0.05, 0.1) is 5.75 Å². The van der Waals surface area contributed by atoms with Gasteiger partial charge in [-0.25, -0.2) is 13.1 Å². The van der Waals surface area contributed by atoms with Gasteiger partial charge in [-0.05, 0) is 12.3 Å². The standard InChI is InChI=1S/C10H18ClNO2S/c1-4-6-10(5-2)12-15(13,14)8-9(3)7-11/h1,9-10,12H,5-8H2,2-3H3. The van der Waals surface area contributed by atoms with Crippen molar-refractivity contribution in [3.8, 4) is 12.3 Å². The van der Waals surface area contributed by atoms with Crippen LogP contribution in [0.3, 0.4) is 0 Å². The molecular formula is C10H18ClNO2S. The van der Waals surface area contributed by atoms with Gasteiger partial charge in [0.2, 0.25) is 10.0 Å². The predicted octanol–water partition coefficient (Wildman–Crippen LogP) is 1.58. The number of hydrogen-bond acceptors (Lipinski definition) is 2. The maximum absolute atomic E-state index is 11.6. The summed E-state index contributed by atoms with van der Waals surface area (Å²) in [6.45, 7) is 3.70. The molecule has 0 aliphatic heterocycles. The van der Waals surface area contributed by atoms with Crippen molar-refractivity contribution in [2.24, 2.45) is 5.92 Å². The van der Waals surface area contributed by atoms with Gasteiger partial charge in [0, 0.05) is 18.3 Å². The van der Waals surface area contributed by atoms with Crippen molar-refractivity contribution < 1.29 is 8.42 Å². The summed E-state index contributed by atoms with van der Waals surface area (Å²) in [5, 5.41) is 0. The molecular weight excluding hydrogens is 234 g/mol. The van der Waals surface area contributed by atoms with Crippen molar-refractivity contribution in [1.82, 2.24) is 4.72 Å². The molecule has 0 saturated heterocycles. The molecule has 0 rings (SSSR count). The zero-order chi connectivity index (χ0) is 11.9. The molecule has 0 fully saturated rings. The number of sulfonamides is 1. The molecule has 15 heavy (non-hydrogen) atoms. The zero-order valence-corrected chi connectivity index (χ0v) is 10.7. The quantitative estimate of drug-likeness (QED) is 0.552. The molecule has 0 radical (unpaired) electrons. The average Bonchev–Trinajstić information content (AvgIpc) is 2.15. The van der Waals surface area contributed by atoms with E-state index in [4.69, 9.17) is 18.0 Å². The zero-order valence-electron chi connectivity index (χ0n) is 9.16. The lowest BCUT2D eigenvalue weighted by atomic mass is 10.2. The van der Waals surface area contributed by atoms with Gasteiger partial charge < -0.3 is 0 Å². The summed E-state index contributed by atoms with van der Waals surface area (Å²) >= 11 is 5.57. The third-order valence-electron chi connectivity index (χ3n) is 1.97. The van der Waals surface area contributed by atoms with Gasteiger partial charge in [0.1, 0.15) is 0 Å². The molecule has 0 heterocycles. The third-order valence-corrected chi connectivity index (χ3v) is 4.20. The first-order valence-electron chi connectivity index (χ1n) is 4.94. The molecule has 2 atom stereocenters. The molecule has 0 saturated carbocycles. The Labute approximate surface area is 97.6 Å². The lowest BCUT2D eigenvalue weighted by Gasteiger charge is -2.16. The number of terminal acetylenes is 1. The second-order valence-corrected chi connectivity index (χ2v) is 5.78. The number of halogens is 1. The number of nitrogens with one attached hydrogen (secondary N) is 1. The molecule has 0 aromatic rings. The van der Waals surface area contributed by atoms with Crippen LogP contribution in [0.2, 0.25) is 0 Å². The van der Waals surface area contributed by atoms with Gasteiger partial charge in [-0.1, -0.05) is 13.8 Å². The largest absolute Gasteiger partial charge is 0.212 e. The number of alkyl halides is 1. The molecule has 0 aliphatic carbocycles. The minimum absolute atomic E-state index is 0.0486. The van der Waals surface area contributed by atoms with Crippen LogP contribution in [-0.2, 0) is 10.0 Å². The molecule has 0 aromatic heterocycles. The molecule has 0 aliphatic rings. The van der Waals surface area contributed by atoms with E-state index in [1.807, 2.05) is 6.92 Å². The summed E-state index contributed by atoms with van der Waals surface area (Å²) in [5.74, 6) is 2.80. The van der Waals surface area contributed by atoms with E-state index in [0.29, 0.717) is 18.7 Å².